The fraction of sp³-hybridized carbons (Fsp3) is 0.333. The second-order valence-corrected chi connectivity index (χ2v) is 11.2. The summed E-state index contributed by atoms with van der Waals surface area (Å²) >= 11 is 0. The van der Waals surface area contributed by atoms with Crippen molar-refractivity contribution in [3.05, 3.63) is 95.8 Å². The van der Waals surface area contributed by atoms with E-state index in [9.17, 15) is 22.4 Å². The Morgan fingerprint density at radius 2 is 1.56 bits per heavy atom. The van der Waals surface area contributed by atoms with Crippen LogP contribution < -0.4 is 9.62 Å². The quantitative estimate of drug-likeness (QED) is 0.300. The molecule has 0 aliphatic carbocycles. The summed E-state index contributed by atoms with van der Waals surface area (Å²) in [4.78, 5) is 28.5. The molecular formula is C30H36FN3O4S. The van der Waals surface area contributed by atoms with E-state index < -0.39 is 34.3 Å². The molecule has 208 valence electrons. The number of unbranched alkanes of at least 4 members (excludes halogenated alkanes) is 1. The number of sulfonamides is 1. The van der Waals surface area contributed by atoms with E-state index in [1.54, 1.807) is 61.5 Å². The summed E-state index contributed by atoms with van der Waals surface area (Å²) < 4.78 is 42.2. The number of hydrogen-bond acceptors (Lipinski definition) is 4. The summed E-state index contributed by atoms with van der Waals surface area (Å²) in [6.45, 7) is 5.68. The van der Waals surface area contributed by atoms with Crippen molar-refractivity contribution in [3.8, 4) is 0 Å². The van der Waals surface area contributed by atoms with Crippen LogP contribution in [0.5, 0.6) is 0 Å². The van der Waals surface area contributed by atoms with Crippen molar-refractivity contribution < 1.29 is 22.4 Å². The third-order valence-electron chi connectivity index (χ3n) is 6.41. The van der Waals surface area contributed by atoms with Gasteiger partial charge in [-0.3, -0.25) is 13.9 Å². The molecule has 0 heterocycles. The number of nitrogens with zero attached hydrogens (tertiary/aromatic N) is 2. The lowest BCUT2D eigenvalue weighted by Crippen LogP contribution is -2.52. The van der Waals surface area contributed by atoms with Crippen molar-refractivity contribution in [3.63, 3.8) is 0 Å². The highest BCUT2D eigenvalue weighted by Gasteiger charge is 2.33. The topological polar surface area (TPSA) is 86.8 Å². The standard InChI is InChI=1S/C30H36FN3O4S/c1-4-6-20-32-30(36)28(5-2)33(21-24-14-16-25(31)17-15-24)29(35)22-34(26-18-12-23(3)13-19-26)39(37,38)27-10-8-7-9-11-27/h7-19,28H,4-6,20-22H2,1-3H3,(H,32,36)/t28-/m0/s1. The van der Waals surface area contributed by atoms with Gasteiger partial charge in [-0.15, -0.1) is 0 Å². The van der Waals surface area contributed by atoms with E-state index in [1.165, 1.54) is 29.2 Å². The van der Waals surface area contributed by atoms with Crippen LogP contribution in [0, 0.1) is 12.7 Å². The minimum absolute atomic E-state index is 0.0198. The summed E-state index contributed by atoms with van der Waals surface area (Å²) in [5, 5.41) is 2.89. The van der Waals surface area contributed by atoms with Gasteiger partial charge in [-0.05, 0) is 61.7 Å². The Hall–Kier alpha value is -3.72. The maximum Gasteiger partial charge on any atom is 0.264 e. The van der Waals surface area contributed by atoms with Crippen LogP contribution in [0.25, 0.3) is 0 Å². The van der Waals surface area contributed by atoms with Gasteiger partial charge in [-0.2, -0.15) is 0 Å². The van der Waals surface area contributed by atoms with Crippen LogP contribution in [-0.4, -0.2) is 44.3 Å². The van der Waals surface area contributed by atoms with Gasteiger partial charge in [0.25, 0.3) is 10.0 Å². The van der Waals surface area contributed by atoms with E-state index in [0.717, 1.165) is 22.7 Å². The monoisotopic (exact) mass is 553 g/mol. The molecule has 2 amide bonds. The minimum atomic E-state index is -4.11. The first-order valence-corrected chi connectivity index (χ1v) is 14.6. The van der Waals surface area contributed by atoms with Crippen molar-refractivity contribution in [2.75, 3.05) is 17.4 Å². The zero-order valence-electron chi connectivity index (χ0n) is 22.6. The lowest BCUT2D eigenvalue weighted by atomic mass is 10.1. The van der Waals surface area contributed by atoms with E-state index >= 15 is 0 Å². The predicted molar refractivity (Wildman–Crippen MR) is 151 cm³/mol. The molecule has 0 radical (unpaired) electrons. The molecule has 1 N–H and O–H groups in total. The van der Waals surface area contributed by atoms with Gasteiger partial charge < -0.3 is 10.2 Å². The normalized spacial score (nSPS) is 12.0. The molecule has 9 heteroatoms. The Kier molecular flexibility index (Phi) is 10.6. The highest BCUT2D eigenvalue weighted by Crippen LogP contribution is 2.25. The largest absolute Gasteiger partial charge is 0.354 e. The van der Waals surface area contributed by atoms with Crippen molar-refractivity contribution in [1.29, 1.82) is 0 Å². The molecule has 0 bridgehead atoms. The Morgan fingerprint density at radius 3 is 2.15 bits per heavy atom. The molecule has 3 rings (SSSR count). The molecule has 0 aliphatic heterocycles. The number of aryl methyl sites for hydroxylation is 1. The molecule has 0 aromatic heterocycles. The number of carbonyl (C=O) groups is 2. The molecule has 7 nitrogen and oxygen atoms in total. The van der Waals surface area contributed by atoms with Gasteiger partial charge in [-0.1, -0.05) is 68.3 Å². The molecule has 39 heavy (non-hydrogen) atoms. The lowest BCUT2D eigenvalue weighted by molar-refractivity contribution is -0.140. The van der Waals surface area contributed by atoms with Gasteiger partial charge in [0.15, 0.2) is 0 Å². The van der Waals surface area contributed by atoms with Gasteiger partial charge in [0.1, 0.15) is 18.4 Å². The van der Waals surface area contributed by atoms with Crippen LogP contribution >= 0.6 is 0 Å². The smallest absolute Gasteiger partial charge is 0.264 e. The van der Waals surface area contributed by atoms with Gasteiger partial charge in [0, 0.05) is 13.1 Å². The van der Waals surface area contributed by atoms with Crippen molar-refractivity contribution in [1.82, 2.24) is 10.2 Å². The minimum Gasteiger partial charge on any atom is -0.354 e. The highest BCUT2D eigenvalue weighted by molar-refractivity contribution is 7.92. The molecule has 0 unspecified atom stereocenters. The third-order valence-corrected chi connectivity index (χ3v) is 8.20. The molecule has 0 saturated carbocycles. The first-order valence-electron chi connectivity index (χ1n) is 13.1. The maximum absolute atomic E-state index is 13.9. The van der Waals surface area contributed by atoms with Crippen LogP contribution in [0.3, 0.4) is 0 Å². The second kappa shape index (κ2) is 13.9. The molecule has 0 saturated heterocycles. The van der Waals surface area contributed by atoms with Gasteiger partial charge in [0.05, 0.1) is 10.6 Å². The second-order valence-electron chi connectivity index (χ2n) is 9.38. The Morgan fingerprint density at radius 1 is 0.923 bits per heavy atom. The number of amides is 2. The number of anilines is 1. The number of benzene rings is 3. The van der Waals surface area contributed by atoms with Crippen LogP contribution in [-0.2, 0) is 26.2 Å². The first kappa shape index (κ1) is 29.8. The first-order chi connectivity index (χ1) is 18.7. The average molecular weight is 554 g/mol. The fourth-order valence-corrected chi connectivity index (χ4v) is 5.61. The van der Waals surface area contributed by atoms with Gasteiger partial charge in [-0.25, -0.2) is 12.8 Å². The van der Waals surface area contributed by atoms with Crippen LogP contribution in [0.1, 0.15) is 44.2 Å². The van der Waals surface area contributed by atoms with Crippen molar-refractivity contribution in [2.45, 2.75) is 57.5 Å². The summed E-state index contributed by atoms with van der Waals surface area (Å²) in [5.41, 5.74) is 1.90. The maximum atomic E-state index is 13.9. The number of carbonyl (C=O) groups excluding carboxylic acids is 2. The van der Waals surface area contributed by atoms with Crippen molar-refractivity contribution >= 4 is 27.5 Å². The molecule has 1 atom stereocenters. The zero-order chi connectivity index (χ0) is 28.4. The fourth-order valence-electron chi connectivity index (χ4n) is 4.17. The van der Waals surface area contributed by atoms with E-state index in [0.29, 0.717) is 24.2 Å². The third kappa shape index (κ3) is 7.89. The van der Waals surface area contributed by atoms with Gasteiger partial charge in [0.2, 0.25) is 11.8 Å². The van der Waals surface area contributed by atoms with E-state index in [2.05, 4.69) is 5.32 Å². The summed E-state index contributed by atoms with van der Waals surface area (Å²) in [6, 6.07) is 19.6. The molecule has 0 aliphatic rings. The molecule has 3 aromatic carbocycles. The summed E-state index contributed by atoms with van der Waals surface area (Å²) in [6.07, 6.45) is 2.02. The Labute approximate surface area is 230 Å². The number of hydrogen-bond donors (Lipinski definition) is 1. The van der Waals surface area contributed by atoms with E-state index in [4.69, 9.17) is 0 Å². The summed E-state index contributed by atoms with van der Waals surface area (Å²) in [7, 11) is -4.11. The average Bonchev–Trinajstić information content (AvgIpc) is 2.93. The molecular weight excluding hydrogens is 517 g/mol. The predicted octanol–water partition coefficient (Wildman–Crippen LogP) is 5.05. The Bertz CT molecular complexity index is 1330. The Balaban J connectivity index is 2.01. The zero-order valence-corrected chi connectivity index (χ0v) is 23.5. The summed E-state index contributed by atoms with van der Waals surface area (Å²) in [5.74, 6) is -1.27. The molecule has 0 spiro atoms. The van der Waals surface area contributed by atoms with Crippen LogP contribution in [0.15, 0.2) is 83.8 Å². The number of nitrogens with one attached hydrogen (secondary N) is 1. The van der Waals surface area contributed by atoms with E-state index in [-0.39, 0.29) is 17.3 Å². The molecule has 3 aromatic rings. The SMILES string of the molecule is CCCCNC(=O)[C@H](CC)N(Cc1ccc(F)cc1)C(=O)CN(c1ccc(C)cc1)S(=O)(=O)c1ccccc1. The van der Waals surface area contributed by atoms with Gasteiger partial charge >= 0.3 is 0 Å². The highest BCUT2D eigenvalue weighted by atomic mass is 32.2. The lowest BCUT2D eigenvalue weighted by Gasteiger charge is -2.33. The number of halogens is 1. The molecule has 0 fully saturated rings. The van der Waals surface area contributed by atoms with Crippen LogP contribution in [0.4, 0.5) is 10.1 Å². The number of rotatable bonds is 13. The van der Waals surface area contributed by atoms with Crippen LogP contribution in [0.2, 0.25) is 0 Å². The van der Waals surface area contributed by atoms with Crippen molar-refractivity contribution in [2.24, 2.45) is 0 Å². The van der Waals surface area contributed by atoms with E-state index in [1.807, 2.05) is 13.8 Å².